The lowest BCUT2D eigenvalue weighted by Crippen LogP contribution is -2.23. The van der Waals surface area contributed by atoms with E-state index in [1.54, 1.807) is 17.5 Å². The van der Waals surface area contributed by atoms with E-state index in [1.807, 2.05) is 18.9 Å². The molecule has 0 aliphatic heterocycles. The Morgan fingerprint density at radius 2 is 1.96 bits per heavy atom. The van der Waals surface area contributed by atoms with E-state index in [0.29, 0.717) is 18.7 Å². The highest BCUT2D eigenvalue weighted by Gasteiger charge is 2.31. The molecule has 0 saturated carbocycles. The summed E-state index contributed by atoms with van der Waals surface area (Å²) in [4.78, 5) is 7.19. The predicted octanol–water partition coefficient (Wildman–Crippen LogP) is 3.52. The van der Waals surface area contributed by atoms with Crippen molar-refractivity contribution >= 4 is 11.3 Å². The van der Waals surface area contributed by atoms with E-state index in [4.69, 9.17) is 0 Å². The van der Waals surface area contributed by atoms with Gasteiger partial charge in [0.25, 0.3) is 0 Å². The fraction of sp³-hybridized carbons (Fsp3) is 0.400. The van der Waals surface area contributed by atoms with Crippen LogP contribution < -0.4 is 4.74 Å². The van der Waals surface area contributed by atoms with Gasteiger partial charge in [0.05, 0.1) is 11.1 Å². The molecule has 2 rings (SSSR count). The van der Waals surface area contributed by atoms with Gasteiger partial charge < -0.3 is 9.84 Å². The molecule has 1 aromatic carbocycles. The predicted molar refractivity (Wildman–Crippen MR) is 81.3 cm³/mol. The van der Waals surface area contributed by atoms with E-state index < -0.39 is 12.5 Å². The number of halogens is 3. The van der Waals surface area contributed by atoms with Crippen LogP contribution >= 0.6 is 11.3 Å². The number of hydrogen-bond donors (Lipinski definition) is 1. The molecule has 0 saturated heterocycles. The van der Waals surface area contributed by atoms with Gasteiger partial charge in [-0.05, 0) is 31.7 Å². The first-order chi connectivity index (χ1) is 10.7. The van der Waals surface area contributed by atoms with Crippen LogP contribution in [0.3, 0.4) is 0 Å². The third kappa shape index (κ3) is 5.81. The molecule has 23 heavy (non-hydrogen) atoms. The Kier molecular flexibility index (Phi) is 5.61. The Labute approximate surface area is 136 Å². The van der Waals surface area contributed by atoms with Crippen molar-refractivity contribution in [2.45, 2.75) is 25.9 Å². The molecule has 0 radical (unpaired) electrons. The van der Waals surface area contributed by atoms with Crippen molar-refractivity contribution in [3.63, 3.8) is 0 Å². The quantitative estimate of drug-likeness (QED) is 0.869. The number of aryl methyl sites for hydroxylation is 1. The normalized spacial score (nSPS) is 13.3. The smallest absolute Gasteiger partial charge is 0.406 e. The number of likely N-dealkylation sites (N-methyl/N-ethyl adjacent to an activating group) is 1. The zero-order chi connectivity index (χ0) is 17.0. The molecule has 0 spiro atoms. The molecule has 1 atom stereocenters. The standard InChI is InChI=1S/C15H17F3N2O2S/c1-10-19-7-13(23-10)8-20(2)9-14(21)11-3-5-12(6-4-11)22-15(16,17)18/h3-7,14,21H,8-9H2,1-2H3. The summed E-state index contributed by atoms with van der Waals surface area (Å²) < 4.78 is 40.1. The average Bonchev–Trinajstić information content (AvgIpc) is 2.82. The Balaban J connectivity index is 1.90. The molecule has 0 aliphatic rings. The van der Waals surface area contributed by atoms with Gasteiger partial charge in [-0.3, -0.25) is 4.90 Å². The first kappa shape index (κ1) is 17.7. The minimum atomic E-state index is -4.72. The lowest BCUT2D eigenvalue weighted by atomic mass is 10.1. The molecule has 1 heterocycles. The lowest BCUT2D eigenvalue weighted by molar-refractivity contribution is -0.274. The molecule has 0 amide bonds. The van der Waals surface area contributed by atoms with Crippen LogP contribution in [0.5, 0.6) is 5.75 Å². The van der Waals surface area contributed by atoms with Crippen LogP contribution in [0.1, 0.15) is 21.6 Å². The molecule has 2 aromatic rings. The van der Waals surface area contributed by atoms with Gasteiger partial charge in [-0.15, -0.1) is 24.5 Å². The third-order valence-electron chi connectivity index (χ3n) is 3.08. The van der Waals surface area contributed by atoms with Crippen LogP contribution in [-0.4, -0.2) is 34.9 Å². The summed E-state index contributed by atoms with van der Waals surface area (Å²) in [5.74, 6) is -0.304. The van der Waals surface area contributed by atoms with Gasteiger partial charge in [0, 0.05) is 24.2 Å². The monoisotopic (exact) mass is 346 g/mol. The zero-order valence-corrected chi connectivity index (χ0v) is 13.5. The van der Waals surface area contributed by atoms with E-state index in [2.05, 4.69) is 9.72 Å². The van der Waals surface area contributed by atoms with Crippen molar-refractivity contribution in [2.24, 2.45) is 0 Å². The number of aliphatic hydroxyl groups is 1. The highest BCUT2D eigenvalue weighted by Crippen LogP contribution is 2.25. The number of rotatable bonds is 6. The summed E-state index contributed by atoms with van der Waals surface area (Å²) in [6, 6.07) is 5.24. The maximum absolute atomic E-state index is 12.1. The lowest BCUT2D eigenvalue weighted by Gasteiger charge is -2.20. The number of benzene rings is 1. The number of alkyl halides is 3. The van der Waals surface area contributed by atoms with E-state index in [0.717, 1.165) is 9.88 Å². The largest absolute Gasteiger partial charge is 0.573 e. The zero-order valence-electron chi connectivity index (χ0n) is 12.7. The minimum Gasteiger partial charge on any atom is -0.406 e. The summed E-state index contributed by atoms with van der Waals surface area (Å²) in [5, 5.41) is 11.2. The number of ether oxygens (including phenoxy) is 1. The number of aliphatic hydroxyl groups excluding tert-OH is 1. The van der Waals surface area contributed by atoms with Crippen molar-refractivity contribution < 1.29 is 23.0 Å². The number of aromatic nitrogens is 1. The molecule has 1 aromatic heterocycles. The average molecular weight is 346 g/mol. The molecule has 4 nitrogen and oxygen atoms in total. The highest BCUT2D eigenvalue weighted by atomic mass is 32.1. The van der Waals surface area contributed by atoms with Gasteiger partial charge in [0.1, 0.15) is 5.75 Å². The molecular weight excluding hydrogens is 329 g/mol. The van der Waals surface area contributed by atoms with Crippen LogP contribution in [0.25, 0.3) is 0 Å². The van der Waals surface area contributed by atoms with Gasteiger partial charge >= 0.3 is 6.36 Å². The number of nitrogens with zero attached hydrogens (tertiary/aromatic N) is 2. The van der Waals surface area contributed by atoms with Crippen LogP contribution in [0, 0.1) is 6.92 Å². The Bertz CT molecular complexity index is 628. The van der Waals surface area contributed by atoms with Crippen LogP contribution in [0.15, 0.2) is 30.5 Å². The minimum absolute atomic E-state index is 0.304. The molecule has 0 fully saturated rings. The second-order valence-corrected chi connectivity index (χ2v) is 6.49. The molecule has 0 aliphatic carbocycles. The molecule has 0 bridgehead atoms. The number of thiazole rings is 1. The van der Waals surface area contributed by atoms with E-state index in [-0.39, 0.29) is 5.75 Å². The highest BCUT2D eigenvalue weighted by molar-refractivity contribution is 7.11. The first-order valence-electron chi connectivity index (χ1n) is 6.86. The maximum atomic E-state index is 12.1. The van der Waals surface area contributed by atoms with Crippen LogP contribution in [0.2, 0.25) is 0 Å². The van der Waals surface area contributed by atoms with Crippen LogP contribution in [0.4, 0.5) is 13.2 Å². The first-order valence-corrected chi connectivity index (χ1v) is 7.68. The Morgan fingerprint density at radius 1 is 1.30 bits per heavy atom. The summed E-state index contributed by atoms with van der Waals surface area (Å²) in [7, 11) is 1.86. The second kappa shape index (κ2) is 7.29. The van der Waals surface area contributed by atoms with E-state index in [9.17, 15) is 18.3 Å². The van der Waals surface area contributed by atoms with Gasteiger partial charge in [-0.2, -0.15) is 0 Å². The topological polar surface area (TPSA) is 45.6 Å². The fourth-order valence-electron chi connectivity index (χ4n) is 2.10. The van der Waals surface area contributed by atoms with Gasteiger partial charge in [-0.1, -0.05) is 12.1 Å². The van der Waals surface area contributed by atoms with Gasteiger partial charge in [0.15, 0.2) is 0 Å². The molecule has 8 heteroatoms. The third-order valence-corrected chi connectivity index (χ3v) is 3.98. The summed E-state index contributed by atoms with van der Waals surface area (Å²) in [6.45, 7) is 2.93. The molecule has 1 N–H and O–H groups in total. The van der Waals surface area contributed by atoms with Crippen molar-refractivity contribution in [3.8, 4) is 5.75 Å². The number of hydrogen-bond acceptors (Lipinski definition) is 5. The Morgan fingerprint density at radius 3 is 2.48 bits per heavy atom. The van der Waals surface area contributed by atoms with Gasteiger partial charge in [0.2, 0.25) is 0 Å². The summed E-state index contributed by atoms with van der Waals surface area (Å²) in [6.07, 6.45) is -3.71. The second-order valence-electron chi connectivity index (χ2n) is 5.17. The Hall–Kier alpha value is -1.64. The van der Waals surface area contributed by atoms with Gasteiger partial charge in [-0.25, -0.2) is 4.98 Å². The fourth-order valence-corrected chi connectivity index (χ4v) is 2.98. The SMILES string of the molecule is Cc1ncc(CN(C)CC(O)c2ccc(OC(F)(F)F)cc2)s1. The summed E-state index contributed by atoms with van der Waals surface area (Å²) >= 11 is 1.59. The molecular formula is C15H17F3N2O2S. The molecule has 1 unspecified atom stereocenters. The van der Waals surface area contributed by atoms with E-state index >= 15 is 0 Å². The van der Waals surface area contributed by atoms with Crippen LogP contribution in [-0.2, 0) is 6.54 Å². The van der Waals surface area contributed by atoms with Crippen molar-refractivity contribution in [2.75, 3.05) is 13.6 Å². The van der Waals surface area contributed by atoms with E-state index in [1.165, 1.54) is 24.3 Å². The maximum Gasteiger partial charge on any atom is 0.573 e. The summed E-state index contributed by atoms with van der Waals surface area (Å²) in [5.41, 5.74) is 0.534. The van der Waals surface area contributed by atoms with Crippen molar-refractivity contribution in [3.05, 3.63) is 45.9 Å². The van der Waals surface area contributed by atoms with Crippen molar-refractivity contribution in [1.82, 2.24) is 9.88 Å². The van der Waals surface area contributed by atoms with Crippen molar-refractivity contribution in [1.29, 1.82) is 0 Å². The molecule has 126 valence electrons.